The van der Waals surface area contributed by atoms with Crippen LogP contribution in [-0.4, -0.2) is 17.4 Å². The van der Waals surface area contributed by atoms with Gasteiger partial charge in [0, 0.05) is 29.5 Å². The van der Waals surface area contributed by atoms with Gasteiger partial charge in [-0.3, -0.25) is 9.78 Å². The molecule has 0 bridgehead atoms. The average Bonchev–Trinajstić information content (AvgIpc) is 2.62. The topological polar surface area (TPSA) is 54.0 Å². The number of fused-ring (bicyclic) bond motifs is 1. The van der Waals surface area contributed by atoms with Crippen molar-refractivity contribution in [3.63, 3.8) is 0 Å². The molecule has 0 aliphatic carbocycles. The van der Waals surface area contributed by atoms with Gasteiger partial charge >= 0.3 is 0 Å². The molecule has 0 fully saturated rings. The molecule has 3 rings (SSSR count). The van der Waals surface area contributed by atoms with E-state index in [0.29, 0.717) is 0 Å². The molecule has 1 heterocycles. The maximum absolute atomic E-state index is 11.5. The molecular weight excluding hydrogens is 298 g/mol. The third kappa shape index (κ3) is 3.27. The van der Waals surface area contributed by atoms with Crippen LogP contribution in [0.1, 0.15) is 6.92 Å². The van der Waals surface area contributed by atoms with Crippen LogP contribution < -0.4 is 10.6 Å². The predicted octanol–water partition coefficient (Wildman–Crippen LogP) is 4.46. The van der Waals surface area contributed by atoms with Gasteiger partial charge in [0.05, 0.1) is 5.52 Å². The van der Waals surface area contributed by atoms with E-state index in [1.54, 1.807) is 0 Å². The molecule has 0 radical (unpaired) electrons. The molecule has 0 unspecified atom stereocenters. The molecule has 4 heteroatoms. The first-order valence-electron chi connectivity index (χ1n) is 7.87. The van der Waals surface area contributed by atoms with Gasteiger partial charge in [-0.05, 0) is 54.5 Å². The summed E-state index contributed by atoms with van der Waals surface area (Å²) in [5.74, 6) is -0.218. The third-order valence-corrected chi connectivity index (χ3v) is 3.76. The lowest BCUT2D eigenvalue weighted by atomic mass is 10.0. The Labute approximate surface area is 141 Å². The summed E-state index contributed by atoms with van der Waals surface area (Å²) in [5.41, 5.74) is 4.87. The molecule has 2 N–H and O–H groups in total. The van der Waals surface area contributed by atoms with Crippen molar-refractivity contribution in [3.05, 3.63) is 67.4 Å². The SMILES string of the molecule is C=CC(=O)Nc1cccc(-c2ccc3nccc(NCC)c3c2)c1. The third-order valence-electron chi connectivity index (χ3n) is 3.76. The number of nitrogens with one attached hydrogen (secondary N) is 2. The van der Waals surface area contributed by atoms with Crippen molar-refractivity contribution < 1.29 is 4.79 Å². The highest BCUT2D eigenvalue weighted by Crippen LogP contribution is 2.29. The van der Waals surface area contributed by atoms with E-state index in [4.69, 9.17) is 0 Å². The van der Waals surface area contributed by atoms with Crippen LogP contribution >= 0.6 is 0 Å². The molecule has 0 saturated carbocycles. The minimum absolute atomic E-state index is 0.218. The molecule has 4 nitrogen and oxygen atoms in total. The highest BCUT2D eigenvalue weighted by Gasteiger charge is 2.06. The fourth-order valence-corrected chi connectivity index (χ4v) is 2.64. The fourth-order valence-electron chi connectivity index (χ4n) is 2.64. The number of nitrogens with zero attached hydrogens (tertiary/aromatic N) is 1. The Hall–Kier alpha value is -3.14. The standard InChI is InChI=1S/C20H19N3O/c1-3-20(24)23-16-7-5-6-14(12-16)15-8-9-18-17(13-15)19(21-4-2)10-11-22-18/h3,5-13H,1,4H2,2H3,(H,21,22)(H,23,24). The number of hydrogen-bond donors (Lipinski definition) is 2. The monoisotopic (exact) mass is 317 g/mol. The quantitative estimate of drug-likeness (QED) is 0.683. The molecule has 3 aromatic rings. The summed E-state index contributed by atoms with van der Waals surface area (Å²) in [7, 11) is 0. The first kappa shape index (κ1) is 15.7. The molecule has 1 aromatic heterocycles. The smallest absolute Gasteiger partial charge is 0.247 e. The summed E-state index contributed by atoms with van der Waals surface area (Å²) in [4.78, 5) is 15.9. The van der Waals surface area contributed by atoms with Gasteiger partial charge in [-0.25, -0.2) is 0 Å². The van der Waals surface area contributed by atoms with Crippen molar-refractivity contribution in [1.29, 1.82) is 0 Å². The number of anilines is 2. The Balaban J connectivity index is 2.03. The number of hydrogen-bond acceptors (Lipinski definition) is 3. The van der Waals surface area contributed by atoms with Gasteiger partial charge in [-0.1, -0.05) is 24.8 Å². The normalized spacial score (nSPS) is 10.4. The van der Waals surface area contributed by atoms with Crippen molar-refractivity contribution in [3.8, 4) is 11.1 Å². The van der Waals surface area contributed by atoms with Gasteiger partial charge in [0.2, 0.25) is 5.91 Å². The van der Waals surface area contributed by atoms with E-state index in [2.05, 4.69) is 35.2 Å². The predicted molar refractivity (Wildman–Crippen MR) is 100 cm³/mol. The molecule has 1 amide bonds. The van der Waals surface area contributed by atoms with Gasteiger partial charge in [-0.15, -0.1) is 0 Å². The number of pyridine rings is 1. The minimum Gasteiger partial charge on any atom is -0.385 e. The number of benzene rings is 2. The summed E-state index contributed by atoms with van der Waals surface area (Å²) in [6, 6.07) is 15.9. The van der Waals surface area contributed by atoms with Gasteiger partial charge in [0.25, 0.3) is 0 Å². The van der Waals surface area contributed by atoms with Gasteiger partial charge in [-0.2, -0.15) is 0 Å². The van der Waals surface area contributed by atoms with Gasteiger partial charge in [0.1, 0.15) is 0 Å². The fraction of sp³-hybridized carbons (Fsp3) is 0.100. The second kappa shape index (κ2) is 6.96. The number of amides is 1. The summed E-state index contributed by atoms with van der Waals surface area (Å²) in [6.07, 6.45) is 3.07. The molecule has 0 atom stereocenters. The van der Waals surface area contributed by atoms with Crippen LogP contribution in [0.3, 0.4) is 0 Å². The zero-order chi connectivity index (χ0) is 16.9. The lowest BCUT2D eigenvalue weighted by molar-refractivity contribution is -0.111. The van der Waals surface area contributed by atoms with Crippen molar-refractivity contribution in [2.75, 3.05) is 17.2 Å². The maximum atomic E-state index is 11.5. The molecule has 0 aliphatic heterocycles. The maximum Gasteiger partial charge on any atom is 0.247 e. The Bertz CT molecular complexity index is 902. The number of aromatic nitrogens is 1. The first-order chi connectivity index (χ1) is 11.7. The number of rotatable bonds is 5. The molecule has 0 saturated heterocycles. The van der Waals surface area contributed by atoms with Crippen LogP contribution in [-0.2, 0) is 4.79 Å². The van der Waals surface area contributed by atoms with Crippen LogP contribution in [0.5, 0.6) is 0 Å². The summed E-state index contributed by atoms with van der Waals surface area (Å²) in [5, 5.41) is 7.24. The Morgan fingerprint density at radius 1 is 1.17 bits per heavy atom. The zero-order valence-electron chi connectivity index (χ0n) is 13.5. The van der Waals surface area contributed by atoms with E-state index in [1.165, 1.54) is 6.08 Å². The van der Waals surface area contributed by atoms with Crippen molar-refractivity contribution in [2.45, 2.75) is 6.92 Å². The van der Waals surface area contributed by atoms with E-state index in [-0.39, 0.29) is 5.91 Å². The number of carbonyl (C=O) groups excluding carboxylic acids is 1. The van der Waals surface area contributed by atoms with Crippen LogP contribution in [0.15, 0.2) is 67.4 Å². The largest absolute Gasteiger partial charge is 0.385 e. The number of carbonyl (C=O) groups is 1. The van der Waals surface area contributed by atoms with E-state index < -0.39 is 0 Å². The molecule has 24 heavy (non-hydrogen) atoms. The summed E-state index contributed by atoms with van der Waals surface area (Å²) >= 11 is 0. The Morgan fingerprint density at radius 2 is 2.00 bits per heavy atom. The summed E-state index contributed by atoms with van der Waals surface area (Å²) < 4.78 is 0. The highest BCUT2D eigenvalue weighted by atomic mass is 16.1. The van der Waals surface area contributed by atoms with Crippen LogP contribution in [0, 0.1) is 0 Å². The van der Waals surface area contributed by atoms with E-state index in [9.17, 15) is 4.79 Å². The Kier molecular flexibility index (Phi) is 4.57. The lowest BCUT2D eigenvalue weighted by Crippen LogP contribution is -2.06. The molecule has 0 spiro atoms. The molecule has 0 aliphatic rings. The van der Waals surface area contributed by atoms with Crippen molar-refractivity contribution in [2.24, 2.45) is 0 Å². The van der Waals surface area contributed by atoms with Crippen molar-refractivity contribution in [1.82, 2.24) is 4.98 Å². The van der Waals surface area contributed by atoms with Gasteiger partial charge in [0.15, 0.2) is 0 Å². The van der Waals surface area contributed by atoms with Gasteiger partial charge < -0.3 is 10.6 Å². The van der Waals surface area contributed by atoms with E-state index >= 15 is 0 Å². The molecule has 2 aromatic carbocycles. The lowest BCUT2D eigenvalue weighted by Gasteiger charge is -2.10. The average molecular weight is 317 g/mol. The van der Waals surface area contributed by atoms with Crippen LogP contribution in [0.2, 0.25) is 0 Å². The minimum atomic E-state index is -0.218. The first-order valence-corrected chi connectivity index (χ1v) is 7.87. The van der Waals surface area contributed by atoms with Crippen LogP contribution in [0.4, 0.5) is 11.4 Å². The second-order valence-electron chi connectivity index (χ2n) is 5.39. The second-order valence-corrected chi connectivity index (χ2v) is 5.39. The van der Waals surface area contributed by atoms with Crippen LogP contribution in [0.25, 0.3) is 22.0 Å². The summed E-state index contributed by atoms with van der Waals surface area (Å²) in [6.45, 7) is 6.40. The molecular formula is C20H19N3O. The van der Waals surface area contributed by atoms with Crippen molar-refractivity contribution >= 4 is 28.2 Å². The highest BCUT2D eigenvalue weighted by molar-refractivity contribution is 5.99. The van der Waals surface area contributed by atoms with E-state index in [0.717, 1.165) is 39.9 Å². The Morgan fingerprint density at radius 3 is 2.79 bits per heavy atom. The molecule has 120 valence electrons. The zero-order valence-corrected chi connectivity index (χ0v) is 13.5. The van der Waals surface area contributed by atoms with E-state index in [1.807, 2.05) is 48.7 Å².